The summed E-state index contributed by atoms with van der Waals surface area (Å²) in [6.45, 7) is 6.29. The van der Waals surface area contributed by atoms with Crippen LogP contribution in [0, 0.1) is 6.92 Å². The van der Waals surface area contributed by atoms with Gasteiger partial charge >= 0.3 is 6.03 Å². The number of carbonyl (C=O) groups is 1. The van der Waals surface area contributed by atoms with Crippen LogP contribution >= 0.6 is 0 Å². The number of nitrogens with zero attached hydrogens (tertiary/aromatic N) is 1. The number of amides is 2. The van der Waals surface area contributed by atoms with Gasteiger partial charge in [0.1, 0.15) is 0 Å². The summed E-state index contributed by atoms with van der Waals surface area (Å²) in [5, 5.41) is 2.89. The molecule has 2 aromatic carbocycles. The van der Waals surface area contributed by atoms with Crippen LogP contribution in [0.5, 0.6) is 11.5 Å². The minimum Gasteiger partial charge on any atom is -0.449 e. The molecule has 0 saturated heterocycles. The molecule has 1 aliphatic heterocycles. The van der Waals surface area contributed by atoms with Crippen molar-refractivity contribution in [2.75, 3.05) is 12.4 Å². The lowest BCUT2D eigenvalue weighted by molar-refractivity contribution is -0.0431. The molecule has 0 unspecified atom stereocenters. The van der Waals surface area contributed by atoms with Crippen LogP contribution in [0.1, 0.15) is 25.0 Å². The highest BCUT2D eigenvalue weighted by Crippen LogP contribution is 2.40. The van der Waals surface area contributed by atoms with Gasteiger partial charge in [-0.1, -0.05) is 24.3 Å². The van der Waals surface area contributed by atoms with E-state index in [1.165, 1.54) is 5.56 Å². The lowest BCUT2D eigenvalue weighted by atomic mass is 10.1. The average molecular weight is 326 g/mol. The van der Waals surface area contributed by atoms with E-state index in [0.717, 1.165) is 5.56 Å². The fourth-order valence-corrected chi connectivity index (χ4v) is 2.63. The minimum absolute atomic E-state index is 0.170. The maximum absolute atomic E-state index is 12.4. The molecule has 1 N–H and O–H groups in total. The molecule has 0 saturated carbocycles. The zero-order chi connectivity index (χ0) is 17.3. The summed E-state index contributed by atoms with van der Waals surface area (Å²) >= 11 is 0. The maximum Gasteiger partial charge on any atom is 0.321 e. The van der Waals surface area contributed by atoms with Gasteiger partial charge in [-0.2, -0.15) is 0 Å². The number of carbonyl (C=O) groups excluding carboxylic acids is 1. The molecule has 0 aliphatic carbocycles. The number of hydrogen-bond donors (Lipinski definition) is 1. The molecular weight excluding hydrogens is 304 g/mol. The molecule has 2 amide bonds. The molecule has 1 aliphatic rings. The Balaban J connectivity index is 1.66. The number of ether oxygens (including phenoxy) is 2. The number of nitrogens with one attached hydrogen (secondary N) is 1. The van der Waals surface area contributed by atoms with E-state index in [1.807, 2.05) is 51.1 Å². The molecule has 5 nitrogen and oxygen atoms in total. The molecule has 0 radical (unpaired) electrons. The van der Waals surface area contributed by atoms with E-state index >= 15 is 0 Å². The van der Waals surface area contributed by atoms with Gasteiger partial charge in [0.2, 0.25) is 5.79 Å². The van der Waals surface area contributed by atoms with Crippen molar-refractivity contribution in [3.8, 4) is 11.5 Å². The first-order valence-electron chi connectivity index (χ1n) is 7.93. The topological polar surface area (TPSA) is 50.8 Å². The lowest BCUT2D eigenvalue weighted by Crippen LogP contribution is -2.31. The summed E-state index contributed by atoms with van der Waals surface area (Å²) in [5.74, 6) is 0.651. The number of fused-ring (bicyclic) bond motifs is 1. The summed E-state index contributed by atoms with van der Waals surface area (Å²) in [6.07, 6.45) is 0. The number of urea groups is 1. The zero-order valence-corrected chi connectivity index (χ0v) is 14.4. The third-order valence-corrected chi connectivity index (χ3v) is 3.92. The second kappa shape index (κ2) is 6.07. The number of rotatable bonds is 3. The van der Waals surface area contributed by atoms with Crippen molar-refractivity contribution in [3.05, 3.63) is 53.6 Å². The lowest BCUT2D eigenvalue weighted by Gasteiger charge is -2.19. The van der Waals surface area contributed by atoms with Crippen molar-refractivity contribution < 1.29 is 14.3 Å². The predicted molar refractivity (Wildman–Crippen MR) is 93.4 cm³/mol. The van der Waals surface area contributed by atoms with Crippen molar-refractivity contribution >= 4 is 11.7 Å². The highest BCUT2D eigenvalue weighted by atomic mass is 16.7. The Labute approximate surface area is 142 Å². The average Bonchev–Trinajstić information content (AvgIpc) is 2.82. The molecule has 5 heteroatoms. The molecule has 3 rings (SSSR count). The monoisotopic (exact) mass is 326 g/mol. The van der Waals surface area contributed by atoms with Gasteiger partial charge in [-0.15, -0.1) is 0 Å². The number of anilines is 1. The van der Waals surface area contributed by atoms with Crippen LogP contribution in [0.2, 0.25) is 0 Å². The second-order valence-electron chi connectivity index (χ2n) is 6.48. The van der Waals surface area contributed by atoms with E-state index < -0.39 is 5.79 Å². The van der Waals surface area contributed by atoms with Crippen molar-refractivity contribution in [3.63, 3.8) is 0 Å². The first kappa shape index (κ1) is 16.2. The molecule has 0 aromatic heterocycles. The van der Waals surface area contributed by atoms with Gasteiger partial charge in [0.25, 0.3) is 0 Å². The molecule has 1 heterocycles. The predicted octanol–water partition coefficient (Wildman–Crippen LogP) is 4.17. The Morgan fingerprint density at radius 2 is 1.83 bits per heavy atom. The van der Waals surface area contributed by atoms with Crippen molar-refractivity contribution in [2.45, 2.75) is 33.1 Å². The third-order valence-electron chi connectivity index (χ3n) is 3.92. The molecular formula is C19H22N2O3. The fourth-order valence-electron chi connectivity index (χ4n) is 2.63. The van der Waals surface area contributed by atoms with Crippen LogP contribution in [-0.2, 0) is 6.54 Å². The first-order valence-corrected chi connectivity index (χ1v) is 7.93. The SMILES string of the molecule is Cc1ccccc1CN(C)C(=O)Nc1ccc2c(c1)OC(C)(C)O2. The third kappa shape index (κ3) is 3.45. The fraction of sp³-hybridized carbons (Fsp3) is 0.316. The van der Waals surface area contributed by atoms with Crippen LogP contribution in [-0.4, -0.2) is 23.8 Å². The van der Waals surface area contributed by atoms with Crippen molar-refractivity contribution in [1.29, 1.82) is 0 Å². The summed E-state index contributed by atoms with van der Waals surface area (Å²) in [5.41, 5.74) is 2.97. The van der Waals surface area contributed by atoms with E-state index in [4.69, 9.17) is 9.47 Å². The highest BCUT2D eigenvalue weighted by Gasteiger charge is 2.31. The van der Waals surface area contributed by atoms with Gasteiger partial charge in [0.15, 0.2) is 11.5 Å². The van der Waals surface area contributed by atoms with Gasteiger partial charge in [-0.05, 0) is 30.2 Å². The van der Waals surface area contributed by atoms with Gasteiger partial charge in [-0.25, -0.2) is 4.79 Å². The Morgan fingerprint density at radius 1 is 1.12 bits per heavy atom. The summed E-state index contributed by atoms with van der Waals surface area (Å²) in [4.78, 5) is 14.0. The second-order valence-corrected chi connectivity index (χ2v) is 6.48. The van der Waals surface area contributed by atoms with Crippen molar-refractivity contribution in [2.24, 2.45) is 0 Å². The van der Waals surface area contributed by atoms with Crippen LogP contribution < -0.4 is 14.8 Å². The number of benzene rings is 2. The molecule has 2 aromatic rings. The normalized spacial score (nSPS) is 14.3. The van der Waals surface area contributed by atoms with Crippen LogP contribution in [0.15, 0.2) is 42.5 Å². The number of hydrogen-bond acceptors (Lipinski definition) is 3. The first-order chi connectivity index (χ1) is 11.3. The molecule has 0 spiro atoms. The summed E-state index contributed by atoms with van der Waals surface area (Å²) in [6, 6.07) is 13.3. The standard InChI is InChI=1S/C19H22N2O3/c1-13-7-5-6-8-14(13)12-21(4)18(22)20-15-9-10-16-17(11-15)24-19(2,3)23-16/h5-11H,12H2,1-4H3,(H,20,22). The quantitative estimate of drug-likeness (QED) is 0.921. The van der Waals surface area contributed by atoms with Gasteiger partial charge < -0.3 is 19.7 Å². The maximum atomic E-state index is 12.4. The molecule has 126 valence electrons. The zero-order valence-electron chi connectivity index (χ0n) is 14.4. The Morgan fingerprint density at radius 3 is 2.58 bits per heavy atom. The Hall–Kier alpha value is -2.69. The highest BCUT2D eigenvalue weighted by molar-refractivity contribution is 5.89. The van der Waals surface area contributed by atoms with E-state index in [2.05, 4.69) is 5.32 Å². The van der Waals surface area contributed by atoms with Crippen molar-refractivity contribution in [1.82, 2.24) is 4.90 Å². The molecule has 0 fully saturated rings. The number of aryl methyl sites for hydroxylation is 1. The van der Waals surface area contributed by atoms with E-state index in [-0.39, 0.29) is 6.03 Å². The van der Waals surface area contributed by atoms with Gasteiger partial charge in [0.05, 0.1) is 0 Å². The Kier molecular flexibility index (Phi) is 4.09. The summed E-state index contributed by atoms with van der Waals surface area (Å²) in [7, 11) is 1.78. The van der Waals surface area contributed by atoms with Crippen LogP contribution in [0.25, 0.3) is 0 Å². The van der Waals surface area contributed by atoms with E-state index in [9.17, 15) is 4.79 Å². The molecule has 24 heavy (non-hydrogen) atoms. The largest absolute Gasteiger partial charge is 0.449 e. The smallest absolute Gasteiger partial charge is 0.321 e. The Bertz CT molecular complexity index is 771. The van der Waals surface area contributed by atoms with E-state index in [1.54, 1.807) is 24.1 Å². The van der Waals surface area contributed by atoms with Gasteiger partial charge in [-0.3, -0.25) is 0 Å². The van der Waals surface area contributed by atoms with Crippen LogP contribution in [0.4, 0.5) is 10.5 Å². The minimum atomic E-state index is -0.674. The van der Waals surface area contributed by atoms with Crippen LogP contribution in [0.3, 0.4) is 0 Å². The van der Waals surface area contributed by atoms with E-state index in [0.29, 0.717) is 23.7 Å². The van der Waals surface area contributed by atoms with Gasteiger partial charge in [0, 0.05) is 39.2 Å². The molecule has 0 bridgehead atoms. The summed E-state index contributed by atoms with van der Waals surface area (Å²) < 4.78 is 11.3. The molecule has 0 atom stereocenters.